The Labute approximate surface area is 186 Å². The van der Waals surface area contributed by atoms with E-state index >= 15 is 0 Å². The van der Waals surface area contributed by atoms with Gasteiger partial charge in [0.1, 0.15) is 0 Å². The summed E-state index contributed by atoms with van der Waals surface area (Å²) in [5.41, 5.74) is 2.39. The van der Waals surface area contributed by atoms with Crippen molar-refractivity contribution >= 4 is 28.1 Å². The van der Waals surface area contributed by atoms with Crippen LogP contribution in [0.4, 0.5) is 11.4 Å². The van der Waals surface area contributed by atoms with E-state index in [9.17, 15) is 9.59 Å². The molecule has 1 aliphatic heterocycles. The standard InChI is InChI=1S/C26H24N4O2/c31-25(27-19-10-9-13-21(18-19)29-16-7-2-8-17-29)24-22-14-5-6-15-23(22)26(32)30(28-24)20-11-3-1-4-12-20/h1,3-6,9-15,18H,2,7-8,16-17H2,(H,27,31). The van der Waals surface area contributed by atoms with Crippen molar-refractivity contribution in [2.75, 3.05) is 23.3 Å². The van der Waals surface area contributed by atoms with Crippen molar-refractivity contribution in [1.29, 1.82) is 0 Å². The summed E-state index contributed by atoms with van der Waals surface area (Å²) in [6.45, 7) is 2.07. The number of para-hydroxylation sites is 1. The number of rotatable bonds is 4. The number of anilines is 2. The van der Waals surface area contributed by atoms with E-state index in [-0.39, 0.29) is 17.2 Å². The van der Waals surface area contributed by atoms with Gasteiger partial charge < -0.3 is 10.2 Å². The van der Waals surface area contributed by atoms with E-state index in [1.165, 1.54) is 23.9 Å². The van der Waals surface area contributed by atoms with Crippen LogP contribution in [0.15, 0.2) is 83.7 Å². The zero-order chi connectivity index (χ0) is 21.9. The molecule has 1 fully saturated rings. The first-order valence-corrected chi connectivity index (χ1v) is 10.9. The first kappa shape index (κ1) is 20.0. The largest absolute Gasteiger partial charge is 0.371 e. The van der Waals surface area contributed by atoms with Gasteiger partial charge in [-0.05, 0) is 55.7 Å². The molecular formula is C26H24N4O2. The van der Waals surface area contributed by atoms with Crippen LogP contribution in [0.1, 0.15) is 29.8 Å². The summed E-state index contributed by atoms with van der Waals surface area (Å²) in [4.78, 5) is 28.7. The molecule has 5 rings (SSSR count). The van der Waals surface area contributed by atoms with Crippen LogP contribution in [0, 0.1) is 0 Å². The van der Waals surface area contributed by atoms with Crippen LogP contribution in [-0.4, -0.2) is 28.8 Å². The molecule has 1 amide bonds. The van der Waals surface area contributed by atoms with Crippen LogP contribution in [0.2, 0.25) is 0 Å². The van der Waals surface area contributed by atoms with Crippen molar-refractivity contribution in [3.05, 3.63) is 94.9 Å². The number of nitrogens with one attached hydrogen (secondary N) is 1. The van der Waals surface area contributed by atoms with Crippen molar-refractivity contribution in [2.45, 2.75) is 19.3 Å². The number of amides is 1. The van der Waals surface area contributed by atoms with Gasteiger partial charge in [-0.1, -0.05) is 42.5 Å². The maximum absolute atomic E-state index is 13.3. The van der Waals surface area contributed by atoms with Gasteiger partial charge in [-0.2, -0.15) is 9.78 Å². The molecule has 3 aromatic carbocycles. The third-order valence-electron chi connectivity index (χ3n) is 5.85. The van der Waals surface area contributed by atoms with Crippen molar-refractivity contribution in [1.82, 2.24) is 9.78 Å². The summed E-state index contributed by atoms with van der Waals surface area (Å²) in [7, 11) is 0. The second-order valence-electron chi connectivity index (χ2n) is 8.00. The lowest BCUT2D eigenvalue weighted by Crippen LogP contribution is -2.29. The molecule has 1 aliphatic rings. The van der Waals surface area contributed by atoms with Crippen molar-refractivity contribution in [3.8, 4) is 5.69 Å². The fourth-order valence-corrected chi connectivity index (χ4v) is 4.22. The van der Waals surface area contributed by atoms with Gasteiger partial charge in [0.15, 0.2) is 5.69 Å². The molecule has 0 atom stereocenters. The lowest BCUT2D eigenvalue weighted by molar-refractivity contribution is 0.102. The summed E-state index contributed by atoms with van der Waals surface area (Å²) in [6, 6.07) is 24.1. The highest BCUT2D eigenvalue weighted by atomic mass is 16.2. The van der Waals surface area contributed by atoms with E-state index in [0.717, 1.165) is 18.8 Å². The number of carbonyl (C=O) groups is 1. The summed E-state index contributed by atoms with van der Waals surface area (Å²) >= 11 is 0. The SMILES string of the molecule is O=C(Nc1cccc(N2CCCCC2)c1)c1nn(-c2ccccc2)c(=O)c2ccccc12. The highest BCUT2D eigenvalue weighted by Gasteiger charge is 2.18. The van der Waals surface area contributed by atoms with E-state index in [1.54, 1.807) is 30.3 Å². The third-order valence-corrected chi connectivity index (χ3v) is 5.85. The fraction of sp³-hybridized carbons (Fsp3) is 0.192. The molecule has 0 saturated carbocycles. The number of hydrogen-bond acceptors (Lipinski definition) is 4. The van der Waals surface area contributed by atoms with Crippen LogP contribution in [0.5, 0.6) is 0 Å². The van der Waals surface area contributed by atoms with Crippen LogP contribution in [0.3, 0.4) is 0 Å². The molecule has 1 saturated heterocycles. The molecule has 0 radical (unpaired) electrons. The molecule has 6 nitrogen and oxygen atoms in total. The lowest BCUT2D eigenvalue weighted by Gasteiger charge is -2.29. The molecule has 0 unspecified atom stereocenters. The molecule has 4 aromatic rings. The van der Waals surface area contributed by atoms with E-state index in [1.807, 2.05) is 42.5 Å². The predicted octanol–water partition coefficient (Wildman–Crippen LogP) is 4.63. The Kier molecular flexibility index (Phi) is 5.42. The Morgan fingerprint density at radius 2 is 1.47 bits per heavy atom. The van der Waals surface area contributed by atoms with Crippen molar-refractivity contribution < 1.29 is 4.79 Å². The van der Waals surface area contributed by atoms with Gasteiger partial charge in [0.05, 0.1) is 11.1 Å². The van der Waals surface area contributed by atoms with Gasteiger partial charge in [0.25, 0.3) is 11.5 Å². The minimum atomic E-state index is -0.346. The van der Waals surface area contributed by atoms with Gasteiger partial charge in [-0.25, -0.2) is 0 Å². The van der Waals surface area contributed by atoms with Crippen LogP contribution < -0.4 is 15.8 Å². The first-order chi connectivity index (χ1) is 15.7. The second-order valence-corrected chi connectivity index (χ2v) is 8.00. The number of piperidine rings is 1. The molecular weight excluding hydrogens is 400 g/mol. The molecule has 0 aliphatic carbocycles. The first-order valence-electron chi connectivity index (χ1n) is 10.9. The highest BCUT2D eigenvalue weighted by molar-refractivity contribution is 6.11. The Hall–Kier alpha value is -3.93. The molecule has 160 valence electrons. The van der Waals surface area contributed by atoms with Gasteiger partial charge in [0.2, 0.25) is 0 Å². The molecule has 0 spiro atoms. The number of nitrogens with zero attached hydrogens (tertiary/aromatic N) is 3. The topological polar surface area (TPSA) is 67.2 Å². The Morgan fingerprint density at radius 3 is 2.25 bits per heavy atom. The zero-order valence-electron chi connectivity index (χ0n) is 17.7. The smallest absolute Gasteiger partial charge is 0.279 e. The zero-order valence-corrected chi connectivity index (χ0v) is 17.7. The predicted molar refractivity (Wildman–Crippen MR) is 128 cm³/mol. The average Bonchev–Trinajstić information content (AvgIpc) is 2.85. The number of benzene rings is 3. The molecule has 0 bridgehead atoms. The normalized spacial score (nSPS) is 13.8. The highest BCUT2D eigenvalue weighted by Crippen LogP contribution is 2.24. The third kappa shape index (κ3) is 3.87. The Balaban J connectivity index is 1.53. The molecule has 1 aromatic heterocycles. The van der Waals surface area contributed by atoms with Gasteiger partial charge >= 0.3 is 0 Å². The van der Waals surface area contributed by atoms with Gasteiger partial charge in [-0.3, -0.25) is 9.59 Å². The minimum Gasteiger partial charge on any atom is -0.371 e. The quantitative estimate of drug-likeness (QED) is 0.519. The maximum atomic E-state index is 13.3. The Bertz CT molecular complexity index is 1320. The second kappa shape index (κ2) is 8.67. The number of hydrogen-bond donors (Lipinski definition) is 1. The van der Waals surface area contributed by atoms with Crippen LogP contribution in [-0.2, 0) is 0 Å². The van der Waals surface area contributed by atoms with E-state index in [0.29, 0.717) is 22.1 Å². The van der Waals surface area contributed by atoms with Gasteiger partial charge in [0, 0.05) is 29.9 Å². The minimum absolute atomic E-state index is 0.215. The molecule has 1 N–H and O–H groups in total. The number of fused-ring (bicyclic) bond motifs is 1. The van der Waals surface area contributed by atoms with Crippen LogP contribution >= 0.6 is 0 Å². The molecule has 32 heavy (non-hydrogen) atoms. The average molecular weight is 425 g/mol. The number of carbonyl (C=O) groups excluding carboxylic acids is 1. The summed E-state index contributed by atoms with van der Waals surface area (Å²) in [6.07, 6.45) is 3.64. The number of aromatic nitrogens is 2. The molecule has 2 heterocycles. The van der Waals surface area contributed by atoms with E-state index in [2.05, 4.69) is 21.4 Å². The Morgan fingerprint density at radius 1 is 0.781 bits per heavy atom. The van der Waals surface area contributed by atoms with Crippen LogP contribution in [0.25, 0.3) is 16.5 Å². The maximum Gasteiger partial charge on any atom is 0.279 e. The van der Waals surface area contributed by atoms with E-state index < -0.39 is 0 Å². The van der Waals surface area contributed by atoms with Crippen molar-refractivity contribution in [2.24, 2.45) is 0 Å². The summed E-state index contributed by atoms with van der Waals surface area (Å²) < 4.78 is 1.29. The van der Waals surface area contributed by atoms with Gasteiger partial charge in [-0.15, -0.1) is 0 Å². The summed E-state index contributed by atoms with van der Waals surface area (Å²) in [5.74, 6) is -0.346. The summed E-state index contributed by atoms with van der Waals surface area (Å²) in [5, 5.41) is 8.44. The molecule has 6 heteroatoms. The van der Waals surface area contributed by atoms with Crippen molar-refractivity contribution in [3.63, 3.8) is 0 Å². The van der Waals surface area contributed by atoms with E-state index in [4.69, 9.17) is 0 Å². The fourth-order valence-electron chi connectivity index (χ4n) is 4.22. The lowest BCUT2D eigenvalue weighted by atomic mass is 10.1. The monoisotopic (exact) mass is 424 g/mol.